The van der Waals surface area contributed by atoms with Crippen LogP contribution in [0.2, 0.25) is 0 Å². The van der Waals surface area contributed by atoms with Crippen molar-refractivity contribution >= 4 is 11.6 Å². The molecule has 1 saturated carbocycles. The Morgan fingerprint density at radius 1 is 1.35 bits per heavy atom. The fourth-order valence-corrected chi connectivity index (χ4v) is 2.64. The second-order valence-corrected chi connectivity index (χ2v) is 5.85. The molecule has 110 valence electrons. The standard InChI is InChI=1S/C16H24N2O2/c1-5-20-14-10-13(16(14,2)3)18-15(19)11-6-8-12(17-4)9-7-11/h6-9,13-14,17H,5,10H2,1-4H3,(H,18,19). The lowest BCUT2D eigenvalue weighted by Crippen LogP contribution is -2.62. The number of hydrogen-bond acceptors (Lipinski definition) is 3. The van der Waals surface area contributed by atoms with Gasteiger partial charge in [0.2, 0.25) is 0 Å². The molecule has 1 fully saturated rings. The molecule has 0 heterocycles. The van der Waals surface area contributed by atoms with Gasteiger partial charge in [0.15, 0.2) is 0 Å². The number of nitrogens with one attached hydrogen (secondary N) is 2. The Labute approximate surface area is 120 Å². The average molecular weight is 276 g/mol. The maximum atomic E-state index is 12.2. The Balaban J connectivity index is 1.95. The summed E-state index contributed by atoms with van der Waals surface area (Å²) in [5, 5.41) is 6.15. The second-order valence-electron chi connectivity index (χ2n) is 5.85. The first-order valence-electron chi connectivity index (χ1n) is 7.19. The molecule has 2 N–H and O–H groups in total. The van der Waals surface area contributed by atoms with Crippen molar-refractivity contribution in [1.82, 2.24) is 5.32 Å². The van der Waals surface area contributed by atoms with Gasteiger partial charge in [-0.05, 0) is 37.6 Å². The highest BCUT2D eigenvalue weighted by Crippen LogP contribution is 2.42. The predicted molar refractivity (Wildman–Crippen MR) is 81.1 cm³/mol. The number of rotatable bonds is 5. The molecular weight excluding hydrogens is 252 g/mol. The lowest BCUT2D eigenvalue weighted by Gasteiger charge is -2.51. The lowest BCUT2D eigenvalue weighted by atomic mass is 9.64. The van der Waals surface area contributed by atoms with Gasteiger partial charge < -0.3 is 15.4 Å². The van der Waals surface area contributed by atoms with Crippen LogP contribution in [0.15, 0.2) is 24.3 Å². The van der Waals surface area contributed by atoms with Crippen molar-refractivity contribution in [2.45, 2.75) is 39.3 Å². The quantitative estimate of drug-likeness (QED) is 0.869. The van der Waals surface area contributed by atoms with Crippen LogP contribution in [0.1, 0.15) is 37.6 Å². The van der Waals surface area contributed by atoms with Crippen molar-refractivity contribution in [2.75, 3.05) is 19.0 Å². The smallest absolute Gasteiger partial charge is 0.251 e. The second kappa shape index (κ2) is 5.83. The number of anilines is 1. The van der Waals surface area contributed by atoms with Crippen LogP contribution in [0.4, 0.5) is 5.69 Å². The SMILES string of the molecule is CCOC1CC(NC(=O)c2ccc(NC)cc2)C1(C)C. The van der Waals surface area contributed by atoms with E-state index in [9.17, 15) is 4.79 Å². The van der Waals surface area contributed by atoms with E-state index in [1.54, 1.807) is 0 Å². The van der Waals surface area contributed by atoms with Crippen LogP contribution in [0.25, 0.3) is 0 Å². The molecule has 1 aliphatic carbocycles. The summed E-state index contributed by atoms with van der Waals surface area (Å²) in [6.07, 6.45) is 1.13. The molecule has 0 bridgehead atoms. The summed E-state index contributed by atoms with van der Waals surface area (Å²) in [6.45, 7) is 7.02. The zero-order valence-corrected chi connectivity index (χ0v) is 12.7. The largest absolute Gasteiger partial charge is 0.388 e. The van der Waals surface area contributed by atoms with Gasteiger partial charge in [-0.3, -0.25) is 4.79 Å². The van der Waals surface area contributed by atoms with Gasteiger partial charge in [-0.1, -0.05) is 13.8 Å². The molecule has 1 amide bonds. The fourth-order valence-electron chi connectivity index (χ4n) is 2.64. The Kier molecular flexibility index (Phi) is 4.33. The molecule has 0 aromatic heterocycles. The topological polar surface area (TPSA) is 50.4 Å². The van der Waals surface area contributed by atoms with Gasteiger partial charge in [-0.25, -0.2) is 0 Å². The Morgan fingerprint density at radius 3 is 2.50 bits per heavy atom. The predicted octanol–water partition coefficient (Wildman–Crippen LogP) is 2.66. The van der Waals surface area contributed by atoms with E-state index in [-0.39, 0.29) is 23.5 Å². The highest BCUT2D eigenvalue weighted by Gasteiger charge is 2.49. The van der Waals surface area contributed by atoms with Gasteiger partial charge in [0.1, 0.15) is 0 Å². The zero-order chi connectivity index (χ0) is 14.8. The maximum absolute atomic E-state index is 12.2. The number of carbonyl (C=O) groups excluding carboxylic acids is 1. The molecule has 0 radical (unpaired) electrons. The van der Waals surface area contributed by atoms with Crippen LogP contribution in [-0.2, 0) is 4.74 Å². The molecule has 1 aromatic carbocycles. The lowest BCUT2D eigenvalue weighted by molar-refractivity contribution is -0.111. The summed E-state index contributed by atoms with van der Waals surface area (Å²) in [5.41, 5.74) is 1.69. The van der Waals surface area contributed by atoms with E-state index in [0.717, 1.165) is 18.7 Å². The van der Waals surface area contributed by atoms with Gasteiger partial charge in [-0.2, -0.15) is 0 Å². The minimum Gasteiger partial charge on any atom is -0.388 e. The van der Waals surface area contributed by atoms with E-state index in [2.05, 4.69) is 24.5 Å². The summed E-state index contributed by atoms with van der Waals surface area (Å²) in [5.74, 6) is -0.0133. The third-order valence-electron chi connectivity index (χ3n) is 4.29. The van der Waals surface area contributed by atoms with Crippen molar-refractivity contribution in [1.29, 1.82) is 0 Å². The molecule has 2 rings (SSSR count). The first-order valence-corrected chi connectivity index (χ1v) is 7.19. The van der Waals surface area contributed by atoms with Crippen molar-refractivity contribution in [3.8, 4) is 0 Å². The number of carbonyl (C=O) groups is 1. The summed E-state index contributed by atoms with van der Waals surface area (Å²) in [7, 11) is 1.86. The highest BCUT2D eigenvalue weighted by molar-refractivity contribution is 5.94. The number of benzene rings is 1. The molecule has 1 aliphatic rings. The van der Waals surface area contributed by atoms with Crippen LogP contribution in [0.3, 0.4) is 0 Å². The summed E-state index contributed by atoms with van der Waals surface area (Å²) in [6, 6.07) is 7.67. The van der Waals surface area contributed by atoms with Crippen LogP contribution in [0, 0.1) is 5.41 Å². The molecule has 0 spiro atoms. The normalized spacial score (nSPS) is 23.8. The number of hydrogen-bond donors (Lipinski definition) is 2. The number of ether oxygens (including phenoxy) is 1. The average Bonchev–Trinajstić information content (AvgIpc) is 2.46. The molecule has 4 nitrogen and oxygen atoms in total. The van der Waals surface area contributed by atoms with Crippen LogP contribution < -0.4 is 10.6 Å². The minimum absolute atomic E-state index is 0.00339. The molecule has 2 unspecified atom stereocenters. The van der Waals surface area contributed by atoms with E-state index >= 15 is 0 Å². The van der Waals surface area contributed by atoms with Crippen LogP contribution >= 0.6 is 0 Å². The Morgan fingerprint density at radius 2 is 2.00 bits per heavy atom. The first-order chi connectivity index (χ1) is 9.48. The molecule has 0 saturated heterocycles. The Hall–Kier alpha value is -1.55. The van der Waals surface area contributed by atoms with Crippen molar-refractivity contribution in [2.24, 2.45) is 5.41 Å². The Bertz CT molecular complexity index is 468. The van der Waals surface area contributed by atoms with Gasteiger partial charge in [0.05, 0.1) is 6.10 Å². The fraction of sp³-hybridized carbons (Fsp3) is 0.562. The highest BCUT2D eigenvalue weighted by atomic mass is 16.5. The van der Waals surface area contributed by atoms with Crippen LogP contribution in [0.5, 0.6) is 0 Å². The maximum Gasteiger partial charge on any atom is 0.251 e. The third-order valence-corrected chi connectivity index (χ3v) is 4.29. The molecule has 20 heavy (non-hydrogen) atoms. The van der Waals surface area contributed by atoms with Gasteiger partial charge in [-0.15, -0.1) is 0 Å². The molecule has 0 aliphatic heterocycles. The summed E-state index contributed by atoms with van der Waals surface area (Å²) < 4.78 is 5.68. The number of amides is 1. The van der Waals surface area contributed by atoms with E-state index < -0.39 is 0 Å². The molecule has 2 atom stereocenters. The first kappa shape index (κ1) is 14.9. The van der Waals surface area contributed by atoms with E-state index in [0.29, 0.717) is 5.56 Å². The zero-order valence-electron chi connectivity index (χ0n) is 12.7. The van der Waals surface area contributed by atoms with Gasteiger partial charge in [0.25, 0.3) is 5.91 Å². The molecule has 1 aromatic rings. The van der Waals surface area contributed by atoms with Crippen molar-refractivity contribution in [3.63, 3.8) is 0 Å². The third kappa shape index (κ3) is 2.80. The minimum atomic E-state index is -0.0133. The summed E-state index contributed by atoms with van der Waals surface area (Å²) >= 11 is 0. The van der Waals surface area contributed by atoms with E-state index in [1.165, 1.54) is 0 Å². The van der Waals surface area contributed by atoms with Crippen molar-refractivity contribution < 1.29 is 9.53 Å². The van der Waals surface area contributed by atoms with Crippen LogP contribution in [-0.4, -0.2) is 31.7 Å². The van der Waals surface area contributed by atoms with E-state index in [4.69, 9.17) is 4.74 Å². The van der Waals surface area contributed by atoms with Gasteiger partial charge >= 0.3 is 0 Å². The summed E-state index contributed by atoms with van der Waals surface area (Å²) in [4.78, 5) is 12.2. The van der Waals surface area contributed by atoms with Crippen molar-refractivity contribution in [3.05, 3.63) is 29.8 Å². The van der Waals surface area contributed by atoms with Gasteiger partial charge in [0, 0.05) is 36.4 Å². The molecule has 4 heteroatoms. The van der Waals surface area contributed by atoms with E-state index in [1.807, 2.05) is 38.2 Å². The monoisotopic (exact) mass is 276 g/mol. The molecular formula is C16H24N2O2.